The first-order chi connectivity index (χ1) is 16.5. The molecule has 3 aromatic carbocycles. The third-order valence-corrected chi connectivity index (χ3v) is 6.57. The van der Waals surface area contributed by atoms with Crippen LogP contribution in [-0.2, 0) is 4.79 Å². The zero-order chi connectivity index (χ0) is 24.1. The van der Waals surface area contributed by atoms with Crippen LogP contribution in [0.3, 0.4) is 0 Å². The molecule has 0 aliphatic carbocycles. The lowest BCUT2D eigenvalue weighted by Crippen LogP contribution is -2.25. The number of aromatic nitrogens is 3. The van der Waals surface area contributed by atoms with Gasteiger partial charge in [0.25, 0.3) is 0 Å². The van der Waals surface area contributed by atoms with Gasteiger partial charge in [-0.3, -0.25) is 14.2 Å². The van der Waals surface area contributed by atoms with Crippen molar-refractivity contribution in [3.05, 3.63) is 84.4 Å². The summed E-state index contributed by atoms with van der Waals surface area (Å²) < 4.78 is 1.94. The molecular weight excluding hydrogens is 446 g/mol. The number of thioether (sulfide) groups is 1. The molecule has 0 aliphatic rings. The number of carbonyl (C=O) groups is 2. The topological polar surface area (TPSA) is 103 Å². The fraction of sp³-hybridized carbons (Fsp3) is 0.154. The number of nitrogens with one attached hydrogen (secondary N) is 1. The van der Waals surface area contributed by atoms with Gasteiger partial charge in [-0.15, -0.1) is 10.2 Å². The molecule has 1 unspecified atom stereocenters. The number of nitrogens with two attached hydrogens (primary N) is 1. The summed E-state index contributed by atoms with van der Waals surface area (Å²) in [5.41, 5.74) is 9.60. The van der Waals surface area contributed by atoms with E-state index in [1.807, 2.05) is 66.1 Å². The van der Waals surface area contributed by atoms with Crippen LogP contribution in [0.1, 0.15) is 30.6 Å². The Hall–Kier alpha value is -3.91. The van der Waals surface area contributed by atoms with E-state index in [0.29, 0.717) is 34.3 Å². The van der Waals surface area contributed by atoms with Crippen molar-refractivity contribution in [3.63, 3.8) is 0 Å². The summed E-state index contributed by atoms with van der Waals surface area (Å²) in [6.07, 6.45) is 0.595. The van der Waals surface area contributed by atoms with Crippen LogP contribution in [0.4, 0.5) is 11.4 Å². The van der Waals surface area contributed by atoms with Crippen molar-refractivity contribution in [1.29, 1.82) is 0 Å². The monoisotopic (exact) mass is 471 g/mol. The molecule has 4 rings (SSSR count). The minimum atomic E-state index is -0.396. The molecule has 1 aromatic heterocycles. The fourth-order valence-corrected chi connectivity index (χ4v) is 4.45. The molecule has 0 saturated heterocycles. The Kier molecular flexibility index (Phi) is 7.08. The van der Waals surface area contributed by atoms with Gasteiger partial charge in [-0.1, -0.05) is 49.0 Å². The van der Waals surface area contributed by atoms with E-state index >= 15 is 0 Å². The number of amides is 1. The Bertz CT molecular complexity index is 1300. The number of anilines is 2. The van der Waals surface area contributed by atoms with Crippen LogP contribution in [0.25, 0.3) is 17.1 Å². The molecule has 0 aliphatic heterocycles. The van der Waals surface area contributed by atoms with Crippen molar-refractivity contribution in [1.82, 2.24) is 14.8 Å². The summed E-state index contributed by atoms with van der Waals surface area (Å²) in [6, 6.07) is 24.1. The van der Waals surface area contributed by atoms with Crippen LogP contribution in [0.2, 0.25) is 0 Å². The lowest BCUT2D eigenvalue weighted by Gasteiger charge is -2.16. The van der Waals surface area contributed by atoms with Gasteiger partial charge in [-0.2, -0.15) is 0 Å². The molecule has 172 valence electrons. The normalized spacial score (nSPS) is 11.7. The van der Waals surface area contributed by atoms with Crippen LogP contribution in [-0.4, -0.2) is 31.7 Å². The highest BCUT2D eigenvalue weighted by molar-refractivity contribution is 8.00. The van der Waals surface area contributed by atoms with Crippen molar-refractivity contribution in [2.24, 2.45) is 0 Å². The molecule has 0 radical (unpaired) electrons. The van der Waals surface area contributed by atoms with Crippen LogP contribution in [0, 0.1) is 0 Å². The summed E-state index contributed by atoms with van der Waals surface area (Å²) in [6.45, 7) is 3.47. The lowest BCUT2D eigenvalue weighted by atomic mass is 10.1. The Morgan fingerprint density at radius 1 is 1.00 bits per heavy atom. The van der Waals surface area contributed by atoms with E-state index in [4.69, 9.17) is 5.73 Å². The van der Waals surface area contributed by atoms with Crippen molar-refractivity contribution < 1.29 is 9.59 Å². The van der Waals surface area contributed by atoms with Crippen LogP contribution in [0.15, 0.2) is 84.0 Å². The average Bonchev–Trinajstić information content (AvgIpc) is 3.27. The van der Waals surface area contributed by atoms with Crippen molar-refractivity contribution in [2.75, 3.05) is 11.1 Å². The summed E-state index contributed by atoms with van der Waals surface area (Å²) >= 11 is 1.36. The predicted molar refractivity (Wildman–Crippen MR) is 136 cm³/mol. The summed E-state index contributed by atoms with van der Waals surface area (Å²) in [5, 5.41) is 12.0. The van der Waals surface area contributed by atoms with Gasteiger partial charge in [-0.05, 0) is 61.9 Å². The Morgan fingerprint density at radius 3 is 2.38 bits per heavy atom. The maximum absolute atomic E-state index is 13.1. The lowest BCUT2D eigenvalue weighted by molar-refractivity contribution is -0.115. The molecule has 4 aromatic rings. The van der Waals surface area contributed by atoms with Crippen molar-refractivity contribution in [2.45, 2.75) is 30.7 Å². The highest BCUT2D eigenvalue weighted by atomic mass is 32.2. The quantitative estimate of drug-likeness (QED) is 0.207. The van der Waals surface area contributed by atoms with E-state index in [-0.39, 0.29) is 11.7 Å². The van der Waals surface area contributed by atoms with Gasteiger partial charge < -0.3 is 11.1 Å². The zero-order valence-electron chi connectivity index (χ0n) is 18.9. The minimum absolute atomic E-state index is 0.0175. The molecule has 1 amide bonds. The average molecular weight is 472 g/mol. The molecule has 0 spiro atoms. The second-order valence-corrected chi connectivity index (χ2v) is 8.91. The first kappa shape index (κ1) is 23.3. The van der Waals surface area contributed by atoms with Gasteiger partial charge in [0.05, 0.1) is 5.25 Å². The maximum Gasteiger partial charge on any atom is 0.237 e. The highest BCUT2D eigenvalue weighted by Gasteiger charge is 2.24. The van der Waals surface area contributed by atoms with Crippen LogP contribution >= 0.6 is 11.8 Å². The Balaban J connectivity index is 1.63. The number of benzene rings is 3. The highest BCUT2D eigenvalue weighted by Crippen LogP contribution is 2.32. The van der Waals surface area contributed by atoms with E-state index in [2.05, 4.69) is 15.5 Å². The molecule has 7 nitrogen and oxygen atoms in total. The third kappa shape index (κ3) is 5.18. The predicted octanol–water partition coefficient (Wildman–Crippen LogP) is 5.23. The molecule has 0 saturated carbocycles. The number of hydrogen-bond donors (Lipinski definition) is 2. The Labute approximate surface area is 202 Å². The van der Waals surface area contributed by atoms with E-state index in [1.54, 1.807) is 24.3 Å². The number of nitrogens with zero attached hydrogens (tertiary/aromatic N) is 3. The summed E-state index contributed by atoms with van der Waals surface area (Å²) in [4.78, 5) is 24.6. The van der Waals surface area contributed by atoms with E-state index in [1.165, 1.54) is 18.7 Å². The number of rotatable bonds is 8. The summed E-state index contributed by atoms with van der Waals surface area (Å²) in [7, 11) is 0. The largest absolute Gasteiger partial charge is 0.399 e. The summed E-state index contributed by atoms with van der Waals surface area (Å²) in [5.74, 6) is 0.489. The molecule has 0 fully saturated rings. The number of nitrogen functional groups attached to an aromatic ring is 1. The van der Waals surface area contributed by atoms with Gasteiger partial charge in [0, 0.05) is 28.2 Å². The molecule has 1 atom stereocenters. The second kappa shape index (κ2) is 10.4. The first-order valence-corrected chi connectivity index (χ1v) is 11.8. The number of ketones is 1. The number of carbonyl (C=O) groups excluding carboxylic acids is 2. The van der Waals surface area contributed by atoms with E-state index in [9.17, 15) is 9.59 Å². The number of Topliss-reactive ketones (excluding diaryl/α,β-unsaturated/α-hetero) is 1. The van der Waals surface area contributed by atoms with Crippen molar-refractivity contribution in [3.8, 4) is 17.1 Å². The van der Waals surface area contributed by atoms with Gasteiger partial charge in [0.15, 0.2) is 16.8 Å². The molecular formula is C26H25N5O2S. The third-order valence-electron chi connectivity index (χ3n) is 5.26. The first-order valence-electron chi connectivity index (χ1n) is 10.9. The SMILES string of the molecule is CCC(Sc1nnc(-c2cccc(N)c2)n1-c1ccccc1)C(=O)Nc1ccc(C(C)=O)cc1. The molecule has 0 bridgehead atoms. The van der Waals surface area contributed by atoms with E-state index < -0.39 is 5.25 Å². The standard InChI is InChI=1S/C26H25N5O2S/c1-3-23(25(33)28-21-14-12-18(13-15-21)17(2)32)34-26-30-29-24(19-8-7-9-20(27)16-19)31(26)22-10-5-4-6-11-22/h4-16,23H,3,27H2,1-2H3,(H,28,33). The maximum atomic E-state index is 13.1. The number of hydrogen-bond acceptors (Lipinski definition) is 6. The van der Waals surface area contributed by atoms with Gasteiger partial charge >= 0.3 is 0 Å². The molecule has 34 heavy (non-hydrogen) atoms. The molecule has 1 heterocycles. The second-order valence-electron chi connectivity index (χ2n) is 7.74. The molecule has 3 N–H and O–H groups in total. The zero-order valence-corrected chi connectivity index (χ0v) is 19.8. The number of para-hydroxylation sites is 1. The minimum Gasteiger partial charge on any atom is -0.399 e. The smallest absolute Gasteiger partial charge is 0.237 e. The Morgan fingerprint density at radius 2 is 1.74 bits per heavy atom. The van der Waals surface area contributed by atoms with E-state index in [0.717, 1.165) is 11.3 Å². The van der Waals surface area contributed by atoms with Gasteiger partial charge in [-0.25, -0.2) is 0 Å². The van der Waals surface area contributed by atoms with Gasteiger partial charge in [0.2, 0.25) is 5.91 Å². The van der Waals surface area contributed by atoms with Crippen molar-refractivity contribution >= 4 is 34.8 Å². The van der Waals surface area contributed by atoms with Crippen LogP contribution < -0.4 is 11.1 Å². The molecule has 8 heteroatoms. The van der Waals surface area contributed by atoms with Crippen LogP contribution in [0.5, 0.6) is 0 Å². The van der Waals surface area contributed by atoms with Gasteiger partial charge in [0.1, 0.15) is 0 Å². The fourth-order valence-electron chi connectivity index (χ4n) is 3.48.